The molecule has 1 heterocycles. The summed E-state index contributed by atoms with van der Waals surface area (Å²) in [6.45, 7) is 2.06. The molecule has 0 aromatic heterocycles. The summed E-state index contributed by atoms with van der Waals surface area (Å²) in [5, 5.41) is 0.620. The van der Waals surface area contributed by atoms with E-state index < -0.39 is 5.97 Å². The predicted octanol–water partition coefficient (Wildman–Crippen LogP) is 4.58. The maximum absolute atomic E-state index is 11.9. The number of ether oxygens (including phenoxy) is 1. The van der Waals surface area contributed by atoms with E-state index in [0.29, 0.717) is 23.0 Å². The van der Waals surface area contributed by atoms with Gasteiger partial charge in [-0.05, 0) is 42.7 Å². The fourth-order valence-electron chi connectivity index (χ4n) is 2.43. The molecule has 0 atom stereocenters. The number of nitrogens with zero attached hydrogens (tertiary/aromatic N) is 1. The highest BCUT2D eigenvalue weighted by Crippen LogP contribution is 2.20. The number of carbonyl (C=O) groups excluding carboxylic acids is 1. The van der Waals surface area contributed by atoms with Crippen LogP contribution in [0.2, 0.25) is 5.02 Å². The molecule has 0 aliphatic carbocycles. The number of aryl methyl sites for hydroxylation is 2. The maximum Gasteiger partial charge on any atom is 0.363 e. The van der Waals surface area contributed by atoms with Crippen LogP contribution >= 0.6 is 11.6 Å². The van der Waals surface area contributed by atoms with Gasteiger partial charge in [0.15, 0.2) is 11.6 Å². The predicted molar refractivity (Wildman–Crippen MR) is 92.5 cm³/mol. The highest BCUT2D eigenvalue weighted by atomic mass is 35.5. The second-order valence-electron chi connectivity index (χ2n) is 5.47. The molecule has 3 rings (SSSR count). The van der Waals surface area contributed by atoms with E-state index in [1.54, 1.807) is 18.2 Å². The SMILES string of the molecule is Cc1cccc(CCC2=N/C(=C/c3cccc(Cl)c3)C(=O)O2)c1. The van der Waals surface area contributed by atoms with Crippen molar-refractivity contribution in [3.63, 3.8) is 0 Å². The zero-order chi connectivity index (χ0) is 16.2. The molecule has 1 aliphatic rings. The van der Waals surface area contributed by atoms with E-state index in [-0.39, 0.29) is 0 Å². The van der Waals surface area contributed by atoms with Crippen molar-refractivity contribution >= 4 is 29.5 Å². The van der Waals surface area contributed by atoms with Gasteiger partial charge in [-0.25, -0.2) is 9.79 Å². The molecule has 0 radical (unpaired) electrons. The topological polar surface area (TPSA) is 38.7 Å². The molecule has 0 saturated heterocycles. The van der Waals surface area contributed by atoms with Crippen molar-refractivity contribution in [2.24, 2.45) is 4.99 Å². The van der Waals surface area contributed by atoms with Crippen LogP contribution in [0.15, 0.2) is 59.2 Å². The summed E-state index contributed by atoms with van der Waals surface area (Å²) in [6.07, 6.45) is 3.08. The lowest BCUT2D eigenvalue weighted by molar-refractivity contribution is -0.130. The van der Waals surface area contributed by atoms with E-state index in [1.165, 1.54) is 11.1 Å². The quantitative estimate of drug-likeness (QED) is 0.609. The molecule has 0 amide bonds. The fourth-order valence-corrected chi connectivity index (χ4v) is 2.63. The zero-order valence-electron chi connectivity index (χ0n) is 12.8. The normalized spacial score (nSPS) is 15.7. The van der Waals surface area contributed by atoms with Gasteiger partial charge in [0.2, 0.25) is 0 Å². The van der Waals surface area contributed by atoms with E-state index in [0.717, 1.165) is 12.0 Å². The molecule has 23 heavy (non-hydrogen) atoms. The number of cyclic esters (lactones) is 1. The van der Waals surface area contributed by atoms with Crippen molar-refractivity contribution in [2.45, 2.75) is 19.8 Å². The van der Waals surface area contributed by atoms with Crippen LogP contribution in [-0.2, 0) is 16.0 Å². The number of aliphatic imine (C=N–C) groups is 1. The maximum atomic E-state index is 11.9. The largest absolute Gasteiger partial charge is 0.407 e. The summed E-state index contributed by atoms with van der Waals surface area (Å²) in [7, 11) is 0. The second kappa shape index (κ2) is 6.80. The fraction of sp³-hybridized carbons (Fsp3) is 0.158. The first-order valence-corrected chi connectivity index (χ1v) is 7.80. The first kappa shape index (κ1) is 15.5. The van der Waals surface area contributed by atoms with E-state index in [9.17, 15) is 4.79 Å². The third-order valence-electron chi connectivity index (χ3n) is 3.53. The molecule has 0 bridgehead atoms. The monoisotopic (exact) mass is 325 g/mol. The van der Waals surface area contributed by atoms with Crippen molar-refractivity contribution in [2.75, 3.05) is 0 Å². The van der Waals surface area contributed by atoms with Crippen molar-refractivity contribution in [1.29, 1.82) is 0 Å². The average Bonchev–Trinajstić information content (AvgIpc) is 2.86. The minimum atomic E-state index is -0.413. The van der Waals surface area contributed by atoms with Gasteiger partial charge in [-0.2, -0.15) is 0 Å². The molecule has 0 fully saturated rings. The van der Waals surface area contributed by atoms with Gasteiger partial charge >= 0.3 is 5.97 Å². The van der Waals surface area contributed by atoms with Crippen molar-refractivity contribution in [3.8, 4) is 0 Å². The first-order chi connectivity index (χ1) is 11.1. The first-order valence-electron chi connectivity index (χ1n) is 7.43. The molecule has 3 nitrogen and oxygen atoms in total. The molecule has 0 unspecified atom stereocenters. The Labute approximate surface area is 140 Å². The second-order valence-corrected chi connectivity index (χ2v) is 5.91. The smallest absolute Gasteiger partial charge is 0.363 e. The van der Waals surface area contributed by atoms with Crippen LogP contribution in [0.4, 0.5) is 0 Å². The summed E-state index contributed by atoms with van der Waals surface area (Å²) < 4.78 is 5.24. The minimum absolute atomic E-state index is 0.312. The summed E-state index contributed by atoms with van der Waals surface area (Å²) in [6, 6.07) is 15.5. The number of carbonyl (C=O) groups is 1. The molecule has 116 valence electrons. The van der Waals surface area contributed by atoms with Crippen molar-refractivity contribution in [3.05, 3.63) is 75.9 Å². The lowest BCUT2D eigenvalue weighted by atomic mass is 10.1. The Kier molecular flexibility index (Phi) is 4.58. The van der Waals surface area contributed by atoms with E-state index in [2.05, 4.69) is 30.1 Å². The third kappa shape index (κ3) is 4.08. The number of esters is 1. The summed E-state index contributed by atoms with van der Waals surface area (Å²) in [5.41, 5.74) is 3.56. The van der Waals surface area contributed by atoms with Gasteiger partial charge in [0, 0.05) is 11.4 Å². The van der Waals surface area contributed by atoms with E-state index in [1.807, 2.05) is 18.2 Å². The van der Waals surface area contributed by atoms with Crippen LogP contribution < -0.4 is 0 Å². The highest BCUT2D eigenvalue weighted by Gasteiger charge is 2.22. The van der Waals surface area contributed by atoms with Crippen LogP contribution in [-0.4, -0.2) is 11.9 Å². The molecule has 0 saturated carbocycles. The van der Waals surface area contributed by atoms with Crippen molar-refractivity contribution < 1.29 is 9.53 Å². The van der Waals surface area contributed by atoms with Crippen LogP contribution in [0.3, 0.4) is 0 Å². The molecule has 2 aromatic carbocycles. The Morgan fingerprint density at radius 3 is 2.74 bits per heavy atom. The van der Waals surface area contributed by atoms with Gasteiger partial charge in [0.05, 0.1) is 0 Å². The van der Waals surface area contributed by atoms with Crippen LogP contribution in [0.25, 0.3) is 6.08 Å². The number of benzene rings is 2. The third-order valence-corrected chi connectivity index (χ3v) is 3.76. The van der Waals surface area contributed by atoms with Gasteiger partial charge in [0.25, 0.3) is 0 Å². The van der Waals surface area contributed by atoms with Crippen molar-refractivity contribution in [1.82, 2.24) is 0 Å². The summed E-state index contributed by atoms with van der Waals surface area (Å²) in [5.74, 6) is 0.0500. The Morgan fingerprint density at radius 2 is 1.96 bits per heavy atom. The van der Waals surface area contributed by atoms with Crippen LogP contribution in [0.1, 0.15) is 23.1 Å². The average molecular weight is 326 g/mol. The molecule has 0 N–H and O–H groups in total. The van der Waals surface area contributed by atoms with E-state index >= 15 is 0 Å². The lowest BCUT2D eigenvalue weighted by Gasteiger charge is -2.01. The van der Waals surface area contributed by atoms with Crippen LogP contribution in [0, 0.1) is 6.92 Å². The Bertz CT molecular complexity index is 809. The molecule has 4 heteroatoms. The summed E-state index contributed by atoms with van der Waals surface area (Å²) in [4.78, 5) is 16.2. The van der Waals surface area contributed by atoms with Gasteiger partial charge in [-0.3, -0.25) is 0 Å². The van der Waals surface area contributed by atoms with Gasteiger partial charge < -0.3 is 4.74 Å². The molecule has 2 aromatic rings. The Morgan fingerprint density at radius 1 is 1.13 bits per heavy atom. The number of hydrogen-bond acceptors (Lipinski definition) is 3. The van der Waals surface area contributed by atoms with Gasteiger partial charge in [-0.15, -0.1) is 0 Å². The molecule has 0 spiro atoms. The number of hydrogen-bond donors (Lipinski definition) is 0. The Balaban J connectivity index is 1.71. The highest BCUT2D eigenvalue weighted by molar-refractivity contribution is 6.30. The molecule has 1 aliphatic heterocycles. The molecular weight excluding hydrogens is 310 g/mol. The number of halogens is 1. The zero-order valence-corrected chi connectivity index (χ0v) is 13.5. The minimum Gasteiger partial charge on any atom is -0.407 e. The summed E-state index contributed by atoms with van der Waals surface area (Å²) >= 11 is 5.94. The number of rotatable bonds is 4. The standard InChI is InChI=1S/C19H16ClNO2/c1-13-4-2-5-14(10-13)8-9-18-21-17(19(22)23-18)12-15-6-3-7-16(20)11-15/h2-7,10-12H,8-9H2,1H3/b17-12+. The van der Waals surface area contributed by atoms with Gasteiger partial charge in [-0.1, -0.05) is 53.6 Å². The van der Waals surface area contributed by atoms with Crippen LogP contribution in [0.5, 0.6) is 0 Å². The van der Waals surface area contributed by atoms with E-state index in [4.69, 9.17) is 16.3 Å². The van der Waals surface area contributed by atoms with Gasteiger partial charge in [0.1, 0.15) is 0 Å². The Hall–Kier alpha value is -2.39. The lowest BCUT2D eigenvalue weighted by Crippen LogP contribution is -2.05. The molecular formula is C19H16ClNO2.